The van der Waals surface area contributed by atoms with Crippen molar-refractivity contribution < 1.29 is 0 Å². The van der Waals surface area contributed by atoms with E-state index in [1.807, 2.05) is 11.5 Å². The van der Waals surface area contributed by atoms with E-state index in [0.717, 1.165) is 22.3 Å². The van der Waals surface area contributed by atoms with Crippen molar-refractivity contribution in [3.05, 3.63) is 56.2 Å². The van der Waals surface area contributed by atoms with E-state index >= 15 is 0 Å². The van der Waals surface area contributed by atoms with Crippen LogP contribution in [0.25, 0.3) is 11.2 Å². The molecule has 140 valence electrons. The van der Waals surface area contributed by atoms with Crippen LogP contribution < -0.4 is 16.3 Å². The molecule has 1 aliphatic rings. The predicted molar refractivity (Wildman–Crippen MR) is 106 cm³/mol. The molecule has 8 heteroatoms. The molecular weight excluding hydrogens is 344 g/mol. The van der Waals surface area contributed by atoms with Crippen molar-refractivity contribution in [3.8, 4) is 0 Å². The SMILES string of the molecule is CCc1ccc(C2=NN(CC)c3nc4c(c(=O)n(C)c(=O)n4C)n3C2)cc1. The van der Waals surface area contributed by atoms with Crippen molar-refractivity contribution in [2.75, 3.05) is 11.6 Å². The van der Waals surface area contributed by atoms with Gasteiger partial charge in [0.1, 0.15) is 0 Å². The average Bonchev–Trinajstić information content (AvgIpc) is 3.09. The van der Waals surface area contributed by atoms with Crippen LogP contribution in [0.15, 0.2) is 39.0 Å². The molecule has 0 N–H and O–H groups in total. The Bertz CT molecular complexity index is 1180. The van der Waals surface area contributed by atoms with Gasteiger partial charge >= 0.3 is 5.69 Å². The number of hydrazone groups is 1. The van der Waals surface area contributed by atoms with Crippen molar-refractivity contribution in [1.29, 1.82) is 0 Å². The van der Waals surface area contributed by atoms with Crippen LogP contribution in [0.5, 0.6) is 0 Å². The maximum atomic E-state index is 12.8. The Morgan fingerprint density at radius 1 is 1.04 bits per heavy atom. The molecule has 0 bridgehead atoms. The van der Waals surface area contributed by atoms with Crippen molar-refractivity contribution in [2.24, 2.45) is 19.2 Å². The fourth-order valence-electron chi connectivity index (χ4n) is 3.45. The van der Waals surface area contributed by atoms with E-state index in [9.17, 15) is 9.59 Å². The first-order valence-electron chi connectivity index (χ1n) is 9.06. The number of aromatic nitrogens is 4. The molecule has 0 radical (unpaired) electrons. The van der Waals surface area contributed by atoms with Crippen LogP contribution in [0.1, 0.15) is 25.0 Å². The summed E-state index contributed by atoms with van der Waals surface area (Å²) in [5.41, 5.74) is 3.22. The molecule has 27 heavy (non-hydrogen) atoms. The lowest BCUT2D eigenvalue weighted by atomic mass is 10.1. The van der Waals surface area contributed by atoms with E-state index in [1.165, 1.54) is 17.2 Å². The minimum Gasteiger partial charge on any atom is -0.297 e. The fraction of sp³-hybridized carbons (Fsp3) is 0.368. The third-order valence-electron chi connectivity index (χ3n) is 5.10. The van der Waals surface area contributed by atoms with Crippen LogP contribution in [0, 0.1) is 0 Å². The van der Waals surface area contributed by atoms with Crippen LogP contribution in [0.3, 0.4) is 0 Å². The lowest BCUT2D eigenvalue weighted by Crippen LogP contribution is -2.38. The number of hydrogen-bond donors (Lipinski definition) is 0. The number of nitrogens with zero attached hydrogens (tertiary/aromatic N) is 6. The van der Waals surface area contributed by atoms with E-state index in [4.69, 9.17) is 5.10 Å². The molecule has 2 aromatic heterocycles. The molecule has 4 rings (SSSR count). The van der Waals surface area contributed by atoms with E-state index in [2.05, 4.69) is 36.2 Å². The van der Waals surface area contributed by atoms with E-state index in [-0.39, 0.29) is 11.2 Å². The van der Waals surface area contributed by atoms with Gasteiger partial charge in [0.05, 0.1) is 12.3 Å². The van der Waals surface area contributed by atoms with E-state index < -0.39 is 0 Å². The Labute approximate surface area is 156 Å². The Morgan fingerprint density at radius 3 is 2.37 bits per heavy atom. The number of aryl methyl sites for hydroxylation is 2. The molecule has 0 amide bonds. The van der Waals surface area contributed by atoms with Crippen molar-refractivity contribution >= 4 is 22.8 Å². The number of benzene rings is 1. The molecule has 0 aliphatic carbocycles. The lowest BCUT2D eigenvalue weighted by molar-refractivity contribution is 0.701. The molecule has 0 spiro atoms. The van der Waals surface area contributed by atoms with Gasteiger partial charge in [-0.15, -0.1) is 0 Å². The number of rotatable bonds is 3. The summed E-state index contributed by atoms with van der Waals surface area (Å²) in [5.74, 6) is 0.583. The second-order valence-corrected chi connectivity index (χ2v) is 6.69. The van der Waals surface area contributed by atoms with Gasteiger partial charge in [-0.25, -0.2) is 9.80 Å². The quantitative estimate of drug-likeness (QED) is 0.699. The van der Waals surface area contributed by atoms with E-state index in [0.29, 0.717) is 30.2 Å². The normalized spacial score (nSPS) is 13.8. The summed E-state index contributed by atoms with van der Waals surface area (Å²) in [5, 5.41) is 6.51. The summed E-state index contributed by atoms with van der Waals surface area (Å²) in [6, 6.07) is 8.31. The highest BCUT2D eigenvalue weighted by molar-refractivity contribution is 6.02. The number of fused-ring (bicyclic) bond motifs is 3. The largest absolute Gasteiger partial charge is 0.332 e. The molecule has 0 unspecified atom stereocenters. The summed E-state index contributed by atoms with van der Waals surface area (Å²) < 4.78 is 4.39. The van der Waals surface area contributed by atoms with E-state index in [1.54, 1.807) is 12.1 Å². The highest BCUT2D eigenvalue weighted by Gasteiger charge is 2.26. The number of hydrogen-bond acceptors (Lipinski definition) is 5. The van der Waals surface area contributed by atoms with Gasteiger partial charge in [-0.2, -0.15) is 10.1 Å². The Hall–Kier alpha value is -3.16. The topological polar surface area (TPSA) is 77.4 Å². The van der Waals surface area contributed by atoms with Gasteiger partial charge in [0.2, 0.25) is 5.95 Å². The number of anilines is 1. The Morgan fingerprint density at radius 2 is 1.74 bits per heavy atom. The monoisotopic (exact) mass is 366 g/mol. The van der Waals surface area contributed by atoms with Gasteiger partial charge in [0, 0.05) is 20.6 Å². The highest BCUT2D eigenvalue weighted by atomic mass is 16.2. The van der Waals surface area contributed by atoms with Crippen LogP contribution >= 0.6 is 0 Å². The van der Waals surface area contributed by atoms with Gasteiger partial charge in [0.25, 0.3) is 5.56 Å². The molecule has 1 aromatic carbocycles. The molecule has 0 saturated heterocycles. The lowest BCUT2D eigenvalue weighted by Gasteiger charge is -2.25. The van der Waals surface area contributed by atoms with Gasteiger partial charge < -0.3 is 0 Å². The summed E-state index contributed by atoms with van der Waals surface area (Å²) in [7, 11) is 3.12. The second-order valence-electron chi connectivity index (χ2n) is 6.69. The molecule has 1 aliphatic heterocycles. The maximum absolute atomic E-state index is 12.8. The minimum absolute atomic E-state index is 0.342. The fourth-order valence-corrected chi connectivity index (χ4v) is 3.45. The first-order chi connectivity index (χ1) is 13.0. The first kappa shape index (κ1) is 17.3. The summed E-state index contributed by atoms with van der Waals surface area (Å²) in [6.07, 6.45) is 0.980. The molecule has 3 aromatic rings. The Balaban J connectivity index is 1.92. The average molecular weight is 366 g/mol. The van der Waals surface area contributed by atoms with Crippen molar-refractivity contribution in [2.45, 2.75) is 26.8 Å². The van der Waals surface area contributed by atoms with Crippen LogP contribution in [0.4, 0.5) is 5.95 Å². The summed E-state index contributed by atoms with van der Waals surface area (Å²) in [4.78, 5) is 29.6. The summed E-state index contributed by atoms with van der Waals surface area (Å²) in [6.45, 7) is 5.14. The maximum Gasteiger partial charge on any atom is 0.332 e. The van der Waals surface area contributed by atoms with Crippen molar-refractivity contribution in [1.82, 2.24) is 18.7 Å². The predicted octanol–water partition coefficient (Wildman–Crippen LogP) is 1.24. The Kier molecular flexibility index (Phi) is 3.98. The molecule has 3 heterocycles. The third-order valence-corrected chi connectivity index (χ3v) is 5.10. The van der Waals surface area contributed by atoms with Gasteiger partial charge in [0.15, 0.2) is 11.2 Å². The number of imidazole rings is 1. The summed E-state index contributed by atoms with van der Waals surface area (Å²) >= 11 is 0. The zero-order valence-corrected chi connectivity index (χ0v) is 15.9. The standard InChI is InChI=1S/C19H22N6O2/c1-5-12-7-9-13(10-8-12)14-11-24-15-16(20-18(24)25(6-2)21-14)22(3)19(27)23(4)17(15)26/h7-10H,5-6,11H2,1-4H3. The molecular formula is C19H22N6O2. The third kappa shape index (κ3) is 2.51. The molecule has 8 nitrogen and oxygen atoms in total. The van der Waals surface area contributed by atoms with Crippen LogP contribution in [0.2, 0.25) is 0 Å². The minimum atomic E-state index is -0.387. The van der Waals surface area contributed by atoms with Crippen LogP contribution in [-0.2, 0) is 27.1 Å². The van der Waals surface area contributed by atoms with Gasteiger partial charge in [-0.3, -0.25) is 18.5 Å². The second kappa shape index (κ2) is 6.22. The van der Waals surface area contributed by atoms with Crippen molar-refractivity contribution in [3.63, 3.8) is 0 Å². The van der Waals surface area contributed by atoms with Crippen LogP contribution in [-0.4, -0.2) is 30.9 Å². The first-order valence-corrected chi connectivity index (χ1v) is 9.06. The zero-order valence-electron chi connectivity index (χ0n) is 15.9. The highest BCUT2D eigenvalue weighted by Crippen LogP contribution is 2.25. The smallest absolute Gasteiger partial charge is 0.297 e. The molecule has 0 fully saturated rings. The molecule has 0 atom stereocenters. The van der Waals surface area contributed by atoms with Gasteiger partial charge in [-0.1, -0.05) is 31.2 Å². The van der Waals surface area contributed by atoms with Gasteiger partial charge in [-0.05, 0) is 24.5 Å². The zero-order chi connectivity index (χ0) is 19.3. The molecule has 0 saturated carbocycles.